The summed E-state index contributed by atoms with van der Waals surface area (Å²) >= 11 is 2.89. The van der Waals surface area contributed by atoms with Crippen molar-refractivity contribution < 1.29 is 21.6 Å². The highest BCUT2D eigenvalue weighted by molar-refractivity contribution is 9.10. The molecule has 1 aromatic carbocycles. The molecule has 108 valence electrons. The van der Waals surface area contributed by atoms with Crippen LogP contribution in [0.3, 0.4) is 0 Å². The topological polar surface area (TPSA) is 46.2 Å². The quantitative estimate of drug-likeness (QED) is 0.877. The summed E-state index contributed by atoms with van der Waals surface area (Å²) in [4.78, 5) is -0.427. The fourth-order valence-corrected chi connectivity index (χ4v) is 3.48. The fourth-order valence-electron chi connectivity index (χ4n) is 1.34. The average Bonchev–Trinajstić information content (AvgIpc) is 2.11. The molecule has 0 bridgehead atoms. The van der Waals surface area contributed by atoms with Gasteiger partial charge in [0.15, 0.2) is 0 Å². The molecule has 0 saturated carbocycles. The van der Waals surface area contributed by atoms with Crippen LogP contribution in [0, 0.1) is 0 Å². The monoisotopic (exact) mass is 359 g/mol. The summed E-state index contributed by atoms with van der Waals surface area (Å²) in [6.07, 6.45) is -4.60. The van der Waals surface area contributed by atoms with Crippen molar-refractivity contribution in [3.05, 3.63) is 28.2 Å². The maximum atomic E-state index is 12.6. The Hall–Kier alpha value is -0.600. The smallest absolute Gasteiger partial charge is 0.207 e. The van der Waals surface area contributed by atoms with Gasteiger partial charge in [0, 0.05) is 10.0 Å². The number of sulfonamides is 1. The Labute approximate surface area is 118 Å². The van der Waals surface area contributed by atoms with E-state index in [0.29, 0.717) is 6.07 Å². The third kappa shape index (κ3) is 4.77. The van der Waals surface area contributed by atoms with Gasteiger partial charge in [-0.2, -0.15) is 13.2 Å². The highest BCUT2D eigenvalue weighted by Gasteiger charge is 2.33. The maximum Gasteiger partial charge on any atom is 0.416 e. The number of alkyl halides is 3. The summed E-state index contributed by atoms with van der Waals surface area (Å²) < 4.78 is 64.2. The van der Waals surface area contributed by atoms with Crippen molar-refractivity contribution in [1.29, 1.82) is 0 Å². The molecule has 1 aromatic rings. The first-order valence-corrected chi connectivity index (χ1v) is 7.51. The Morgan fingerprint density at radius 1 is 1.11 bits per heavy atom. The molecule has 0 radical (unpaired) electrons. The zero-order valence-electron chi connectivity index (χ0n) is 10.5. The number of hydrogen-bond donors (Lipinski definition) is 1. The Bertz CT molecular complexity index is 577. The molecule has 0 heterocycles. The van der Waals surface area contributed by atoms with Gasteiger partial charge >= 0.3 is 6.18 Å². The Morgan fingerprint density at radius 2 is 1.63 bits per heavy atom. The van der Waals surface area contributed by atoms with Crippen LogP contribution >= 0.6 is 15.9 Å². The molecule has 0 aliphatic carbocycles. The van der Waals surface area contributed by atoms with E-state index in [0.717, 1.165) is 12.1 Å². The highest BCUT2D eigenvalue weighted by atomic mass is 79.9. The van der Waals surface area contributed by atoms with Crippen molar-refractivity contribution in [3.8, 4) is 0 Å². The van der Waals surface area contributed by atoms with Gasteiger partial charge in [-0.3, -0.25) is 0 Å². The van der Waals surface area contributed by atoms with E-state index < -0.39 is 32.2 Å². The van der Waals surface area contributed by atoms with Crippen LogP contribution in [0.5, 0.6) is 0 Å². The number of nitrogens with one attached hydrogen (secondary N) is 1. The number of rotatable bonds is 2. The molecular formula is C11H13BrF3NO2S. The number of benzene rings is 1. The van der Waals surface area contributed by atoms with Crippen LogP contribution in [0.25, 0.3) is 0 Å². The lowest BCUT2D eigenvalue weighted by Gasteiger charge is -2.21. The van der Waals surface area contributed by atoms with Crippen LogP contribution in [0.15, 0.2) is 27.6 Å². The van der Waals surface area contributed by atoms with Crippen molar-refractivity contribution in [2.45, 2.75) is 37.4 Å². The molecule has 8 heteroatoms. The molecule has 0 aromatic heterocycles. The summed E-state index contributed by atoms with van der Waals surface area (Å²) in [6, 6.07) is 2.57. The van der Waals surface area contributed by atoms with Crippen molar-refractivity contribution in [2.24, 2.45) is 0 Å². The van der Waals surface area contributed by atoms with Crippen molar-refractivity contribution in [2.75, 3.05) is 0 Å². The fraction of sp³-hybridized carbons (Fsp3) is 0.455. The first-order chi connectivity index (χ1) is 8.31. The van der Waals surface area contributed by atoms with E-state index in [-0.39, 0.29) is 4.47 Å². The average molecular weight is 360 g/mol. The van der Waals surface area contributed by atoms with Gasteiger partial charge in [0.05, 0.1) is 10.5 Å². The van der Waals surface area contributed by atoms with Crippen LogP contribution in [0.1, 0.15) is 26.3 Å². The molecule has 0 saturated heterocycles. The number of hydrogen-bond acceptors (Lipinski definition) is 2. The zero-order chi connectivity index (χ0) is 15.1. The van der Waals surface area contributed by atoms with Gasteiger partial charge in [-0.15, -0.1) is 0 Å². The molecule has 0 amide bonds. The van der Waals surface area contributed by atoms with Crippen LogP contribution in [-0.2, 0) is 16.2 Å². The second-order valence-corrected chi connectivity index (χ2v) is 7.63. The van der Waals surface area contributed by atoms with Gasteiger partial charge in [0.2, 0.25) is 10.0 Å². The van der Waals surface area contributed by atoms with E-state index in [1.807, 2.05) is 0 Å². The number of halogens is 4. The Balaban J connectivity index is 3.33. The van der Waals surface area contributed by atoms with Crippen molar-refractivity contribution >= 4 is 26.0 Å². The van der Waals surface area contributed by atoms with Crippen LogP contribution in [-0.4, -0.2) is 14.0 Å². The predicted octanol–water partition coefficient (Wildman–Crippen LogP) is 3.54. The van der Waals surface area contributed by atoms with E-state index in [9.17, 15) is 21.6 Å². The van der Waals surface area contributed by atoms with E-state index in [1.54, 1.807) is 20.8 Å². The Kier molecular flexibility index (Phi) is 4.39. The zero-order valence-corrected chi connectivity index (χ0v) is 12.9. The van der Waals surface area contributed by atoms with Gasteiger partial charge in [0.25, 0.3) is 0 Å². The minimum atomic E-state index is -4.60. The van der Waals surface area contributed by atoms with E-state index in [2.05, 4.69) is 20.7 Å². The van der Waals surface area contributed by atoms with Crippen molar-refractivity contribution in [1.82, 2.24) is 4.72 Å². The van der Waals surface area contributed by atoms with Gasteiger partial charge in [0.1, 0.15) is 0 Å². The maximum absolute atomic E-state index is 12.6. The molecule has 19 heavy (non-hydrogen) atoms. The lowest BCUT2D eigenvalue weighted by atomic mass is 10.1. The normalized spacial score (nSPS) is 13.6. The van der Waals surface area contributed by atoms with Gasteiger partial charge in [-0.25, -0.2) is 13.1 Å². The Morgan fingerprint density at radius 3 is 2.05 bits per heavy atom. The van der Waals surface area contributed by atoms with Gasteiger partial charge < -0.3 is 0 Å². The summed E-state index contributed by atoms with van der Waals surface area (Å²) in [5.41, 5.74) is -1.80. The molecule has 0 aliphatic heterocycles. The predicted molar refractivity (Wildman–Crippen MR) is 69.2 cm³/mol. The van der Waals surface area contributed by atoms with E-state index in [1.165, 1.54) is 0 Å². The molecule has 0 atom stereocenters. The highest BCUT2D eigenvalue weighted by Crippen LogP contribution is 2.33. The minimum Gasteiger partial charge on any atom is -0.207 e. The lowest BCUT2D eigenvalue weighted by Crippen LogP contribution is -2.40. The van der Waals surface area contributed by atoms with E-state index in [4.69, 9.17) is 0 Å². The standard InChI is InChI=1S/C11H13BrF3NO2S/c1-10(2,3)16-19(17,18)9-5-7(11(13,14)15)4-8(12)6-9/h4-6,16H,1-3H3. The minimum absolute atomic E-state index is 0.0524. The van der Waals surface area contributed by atoms with Crippen molar-refractivity contribution in [3.63, 3.8) is 0 Å². The molecular weight excluding hydrogens is 347 g/mol. The van der Waals surface area contributed by atoms with Crippen LogP contribution in [0.4, 0.5) is 13.2 Å². The van der Waals surface area contributed by atoms with Gasteiger partial charge in [-0.05, 0) is 39.0 Å². The second kappa shape index (κ2) is 5.06. The first kappa shape index (κ1) is 16.5. The SMILES string of the molecule is CC(C)(C)NS(=O)(=O)c1cc(Br)cc(C(F)(F)F)c1. The van der Waals surface area contributed by atoms with Crippen LogP contribution < -0.4 is 4.72 Å². The molecule has 1 rings (SSSR count). The van der Waals surface area contributed by atoms with Gasteiger partial charge in [-0.1, -0.05) is 15.9 Å². The second-order valence-electron chi connectivity index (χ2n) is 5.03. The molecule has 0 spiro atoms. The molecule has 0 unspecified atom stereocenters. The summed E-state index contributed by atoms with van der Waals surface area (Å²) in [7, 11) is -4.00. The molecule has 3 nitrogen and oxygen atoms in total. The molecule has 0 fully saturated rings. The largest absolute Gasteiger partial charge is 0.416 e. The first-order valence-electron chi connectivity index (χ1n) is 5.23. The summed E-state index contributed by atoms with van der Waals surface area (Å²) in [6.45, 7) is 4.81. The molecule has 0 aliphatic rings. The summed E-state index contributed by atoms with van der Waals surface area (Å²) in [5, 5.41) is 0. The van der Waals surface area contributed by atoms with E-state index >= 15 is 0 Å². The third-order valence-electron chi connectivity index (χ3n) is 1.95. The lowest BCUT2D eigenvalue weighted by molar-refractivity contribution is -0.137. The summed E-state index contributed by atoms with van der Waals surface area (Å²) in [5.74, 6) is 0. The van der Waals surface area contributed by atoms with Crippen LogP contribution in [0.2, 0.25) is 0 Å². The molecule has 1 N–H and O–H groups in total. The third-order valence-corrected chi connectivity index (χ3v) is 4.14.